The molecule has 0 bridgehead atoms. The zero-order valence-corrected chi connectivity index (χ0v) is 7.74. The van der Waals surface area contributed by atoms with Gasteiger partial charge < -0.3 is 4.79 Å². The summed E-state index contributed by atoms with van der Waals surface area (Å²) in [5, 5.41) is 4.04. The molecule has 0 aliphatic carbocycles. The summed E-state index contributed by atoms with van der Waals surface area (Å²) in [6.07, 6.45) is 5.47. The summed E-state index contributed by atoms with van der Waals surface area (Å²) in [7, 11) is 1.87. The molecule has 12 heavy (non-hydrogen) atoms. The first kappa shape index (κ1) is 8.97. The summed E-state index contributed by atoms with van der Waals surface area (Å²) < 4.78 is 1.75. The van der Waals surface area contributed by atoms with E-state index in [2.05, 4.69) is 5.10 Å². The van der Waals surface area contributed by atoms with Crippen molar-refractivity contribution in [2.45, 2.75) is 20.3 Å². The number of aromatic nitrogens is 2. The molecule has 0 atom stereocenters. The van der Waals surface area contributed by atoms with Crippen LogP contribution in [0.1, 0.15) is 19.4 Å². The largest absolute Gasteiger partial charge is 0.303 e. The maximum absolute atomic E-state index is 10.6. The normalized spacial score (nSPS) is 11.6. The van der Waals surface area contributed by atoms with Crippen LogP contribution in [0.2, 0.25) is 0 Å². The highest BCUT2D eigenvalue weighted by molar-refractivity contribution is 5.58. The van der Waals surface area contributed by atoms with E-state index in [1.807, 2.05) is 27.1 Å². The second kappa shape index (κ2) is 3.09. The predicted octanol–water partition coefficient (Wildman–Crippen LogP) is 1.19. The van der Waals surface area contributed by atoms with E-state index in [0.29, 0.717) is 0 Å². The summed E-state index contributed by atoms with van der Waals surface area (Å²) in [4.78, 5) is 10.6. The summed E-state index contributed by atoms with van der Waals surface area (Å²) in [6.45, 7) is 3.85. The first-order chi connectivity index (χ1) is 5.53. The molecule has 0 amide bonds. The van der Waals surface area contributed by atoms with Gasteiger partial charge in [-0.2, -0.15) is 5.10 Å². The van der Waals surface area contributed by atoms with E-state index >= 15 is 0 Å². The first-order valence-electron chi connectivity index (χ1n) is 3.97. The number of carbonyl (C=O) groups excluding carboxylic acids is 1. The summed E-state index contributed by atoms with van der Waals surface area (Å²) in [5.74, 6) is 0. The smallest absolute Gasteiger partial charge is 0.125 e. The summed E-state index contributed by atoms with van der Waals surface area (Å²) >= 11 is 0. The molecular weight excluding hydrogens is 152 g/mol. The fourth-order valence-electron chi connectivity index (χ4n) is 1.13. The van der Waals surface area contributed by atoms with Crippen LogP contribution in [-0.4, -0.2) is 16.1 Å². The highest BCUT2D eigenvalue weighted by Gasteiger charge is 2.17. The lowest BCUT2D eigenvalue weighted by atomic mass is 9.89. The third kappa shape index (κ3) is 2.19. The molecule has 0 aromatic carbocycles. The molecule has 3 heteroatoms. The van der Waals surface area contributed by atoms with E-state index < -0.39 is 0 Å². The third-order valence-corrected chi connectivity index (χ3v) is 1.74. The molecule has 0 spiro atoms. The highest BCUT2D eigenvalue weighted by atomic mass is 16.1. The molecule has 0 fully saturated rings. The SMILES string of the molecule is Cn1cc(CC(C)(C)C=O)cn1. The number of rotatable bonds is 3. The number of aldehydes is 1. The Kier molecular flexibility index (Phi) is 2.31. The molecule has 1 heterocycles. The summed E-state index contributed by atoms with van der Waals surface area (Å²) in [6, 6.07) is 0. The Labute approximate surface area is 72.4 Å². The Morgan fingerprint density at radius 3 is 2.75 bits per heavy atom. The molecule has 0 N–H and O–H groups in total. The van der Waals surface area contributed by atoms with Gasteiger partial charge in [0, 0.05) is 18.7 Å². The standard InChI is InChI=1S/C9H14N2O/c1-9(2,7-12)4-8-5-10-11(3)6-8/h5-7H,4H2,1-3H3. The molecule has 0 aliphatic heterocycles. The van der Waals surface area contributed by atoms with Gasteiger partial charge in [-0.15, -0.1) is 0 Å². The Balaban J connectivity index is 2.69. The van der Waals surface area contributed by atoms with Crippen molar-refractivity contribution in [1.29, 1.82) is 0 Å². The van der Waals surface area contributed by atoms with Crippen LogP contribution in [0.15, 0.2) is 12.4 Å². The van der Waals surface area contributed by atoms with Crippen molar-refractivity contribution in [1.82, 2.24) is 9.78 Å². The quantitative estimate of drug-likeness (QED) is 0.632. The second-order valence-electron chi connectivity index (χ2n) is 3.81. The van der Waals surface area contributed by atoms with Crippen LogP contribution in [0.4, 0.5) is 0 Å². The van der Waals surface area contributed by atoms with Crippen LogP contribution >= 0.6 is 0 Å². The maximum atomic E-state index is 10.6. The van der Waals surface area contributed by atoms with E-state index in [1.54, 1.807) is 10.9 Å². The van der Waals surface area contributed by atoms with Crippen LogP contribution in [0.25, 0.3) is 0 Å². The molecule has 3 nitrogen and oxygen atoms in total. The zero-order chi connectivity index (χ0) is 9.19. The summed E-state index contributed by atoms with van der Waals surface area (Å²) in [5.41, 5.74) is 0.831. The topological polar surface area (TPSA) is 34.9 Å². The Morgan fingerprint density at radius 1 is 1.67 bits per heavy atom. The lowest BCUT2D eigenvalue weighted by molar-refractivity contribution is -0.114. The number of hydrogen-bond acceptors (Lipinski definition) is 2. The van der Waals surface area contributed by atoms with Crippen molar-refractivity contribution >= 4 is 6.29 Å². The van der Waals surface area contributed by atoms with Crippen LogP contribution in [0.3, 0.4) is 0 Å². The minimum Gasteiger partial charge on any atom is -0.303 e. The molecule has 0 unspecified atom stereocenters. The fourth-order valence-corrected chi connectivity index (χ4v) is 1.13. The van der Waals surface area contributed by atoms with Gasteiger partial charge in [0.1, 0.15) is 6.29 Å². The molecule has 0 saturated carbocycles. The molecule has 1 aromatic rings. The van der Waals surface area contributed by atoms with Gasteiger partial charge in [-0.1, -0.05) is 13.8 Å². The number of carbonyl (C=O) groups is 1. The zero-order valence-electron chi connectivity index (χ0n) is 7.74. The van der Waals surface area contributed by atoms with Gasteiger partial charge in [0.25, 0.3) is 0 Å². The van der Waals surface area contributed by atoms with Crippen LogP contribution in [0, 0.1) is 5.41 Å². The Bertz CT molecular complexity index is 276. The predicted molar refractivity (Wildman–Crippen MR) is 46.8 cm³/mol. The van der Waals surface area contributed by atoms with E-state index in [1.165, 1.54) is 0 Å². The monoisotopic (exact) mass is 166 g/mol. The van der Waals surface area contributed by atoms with Crippen molar-refractivity contribution in [2.24, 2.45) is 12.5 Å². The van der Waals surface area contributed by atoms with E-state index in [9.17, 15) is 4.79 Å². The van der Waals surface area contributed by atoms with E-state index in [0.717, 1.165) is 18.3 Å². The minimum absolute atomic E-state index is 0.275. The van der Waals surface area contributed by atoms with Crippen molar-refractivity contribution in [2.75, 3.05) is 0 Å². The van der Waals surface area contributed by atoms with Crippen LogP contribution in [-0.2, 0) is 18.3 Å². The van der Waals surface area contributed by atoms with Crippen LogP contribution in [0.5, 0.6) is 0 Å². The van der Waals surface area contributed by atoms with Crippen LogP contribution < -0.4 is 0 Å². The van der Waals surface area contributed by atoms with E-state index in [4.69, 9.17) is 0 Å². The number of aryl methyl sites for hydroxylation is 1. The lowest BCUT2D eigenvalue weighted by Crippen LogP contribution is -2.15. The Morgan fingerprint density at radius 2 is 2.33 bits per heavy atom. The molecule has 0 radical (unpaired) electrons. The molecule has 66 valence electrons. The van der Waals surface area contributed by atoms with Crippen molar-refractivity contribution < 1.29 is 4.79 Å². The fraction of sp³-hybridized carbons (Fsp3) is 0.556. The molecule has 1 aromatic heterocycles. The number of nitrogens with zero attached hydrogens (tertiary/aromatic N) is 2. The second-order valence-corrected chi connectivity index (χ2v) is 3.81. The van der Waals surface area contributed by atoms with Gasteiger partial charge in [0.05, 0.1) is 6.20 Å². The van der Waals surface area contributed by atoms with Gasteiger partial charge in [0.2, 0.25) is 0 Å². The van der Waals surface area contributed by atoms with E-state index in [-0.39, 0.29) is 5.41 Å². The minimum atomic E-state index is -0.275. The molecule has 0 aliphatic rings. The van der Waals surface area contributed by atoms with Gasteiger partial charge in [-0.25, -0.2) is 0 Å². The van der Waals surface area contributed by atoms with Gasteiger partial charge in [-0.05, 0) is 12.0 Å². The lowest BCUT2D eigenvalue weighted by Gasteiger charge is -2.14. The van der Waals surface area contributed by atoms with Crippen molar-refractivity contribution in [3.63, 3.8) is 0 Å². The molecule has 1 rings (SSSR count). The van der Waals surface area contributed by atoms with Gasteiger partial charge in [0.15, 0.2) is 0 Å². The maximum Gasteiger partial charge on any atom is 0.125 e. The Hall–Kier alpha value is -1.12. The number of hydrogen-bond donors (Lipinski definition) is 0. The van der Waals surface area contributed by atoms with Gasteiger partial charge >= 0.3 is 0 Å². The average molecular weight is 166 g/mol. The highest BCUT2D eigenvalue weighted by Crippen LogP contribution is 2.17. The van der Waals surface area contributed by atoms with Gasteiger partial charge in [-0.3, -0.25) is 4.68 Å². The third-order valence-electron chi connectivity index (χ3n) is 1.74. The van der Waals surface area contributed by atoms with Crippen molar-refractivity contribution in [3.05, 3.63) is 18.0 Å². The first-order valence-corrected chi connectivity index (χ1v) is 3.97. The van der Waals surface area contributed by atoms with Crippen molar-refractivity contribution in [3.8, 4) is 0 Å². The average Bonchev–Trinajstić information content (AvgIpc) is 2.35. The molecular formula is C9H14N2O. The molecule has 0 saturated heterocycles.